The molecule has 8 nitrogen and oxygen atoms in total. The molecule has 0 aliphatic carbocycles. The lowest BCUT2D eigenvalue weighted by molar-refractivity contribution is 0.0142. The highest BCUT2D eigenvalue weighted by atomic mass is 16.6. The Kier molecular flexibility index (Phi) is 6.74. The Balaban J connectivity index is 2.20. The number of carbonyl (C=O) groups excluding carboxylic acids is 2. The zero-order valence-corrected chi connectivity index (χ0v) is 19.7. The second kappa shape index (κ2) is 9.19. The van der Waals surface area contributed by atoms with E-state index in [1.807, 2.05) is 6.07 Å². The second-order valence-corrected chi connectivity index (χ2v) is 9.53. The highest BCUT2D eigenvalue weighted by molar-refractivity contribution is 6.63. The first-order valence-corrected chi connectivity index (χ1v) is 10.6. The maximum absolute atomic E-state index is 13.3. The van der Waals surface area contributed by atoms with Gasteiger partial charge >= 0.3 is 19.3 Å². The Labute approximate surface area is 194 Å². The average molecular weight is 452 g/mol. The maximum atomic E-state index is 13.3. The summed E-state index contributed by atoms with van der Waals surface area (Å²) < 4.78 is 16.8. The molecule has 0 spiro atoms. The van der Waals surface area contributed by atoms with Gasteiger partial charge in [-0.25, -0.2) is 15.0 Å². The number of ether oxygens (including phenoxy) is 2. The molecule has 3 rings (SSSR count). The molecule has 0 aromatic heterocycles. The summed E-state index contributed by atoms with van der Waals surface area (Å²) in [6.45, 7) is 10.3. The Morgan fingerprint density at radius 1 is 0.909 bits per heavy atom. The minimum absolute atomic E-state index is 0.198. The van der Waals surface area contributed by atoms with Crippen LogP contribution >= 0.6 is 0 Å². The van der Waals surface area contributed by atoms with Crippen molar-refractivity contribution in [3.8, 4) is 0 Å². The van der Waals surface area contributed by atoms with Crippen LogP contribution in [0.3, 0.4) is 0 Å². The molecule has 0 atom stereocenters. The lowest BCUT2D eigenvalue weighted by atomic mass is 9.73. The third kappa shape index (κ3) is 6.07. The monoisotopic (exact) mass is 452 g/mol. The van der Waals surface area contributed by atoms with Crippen LogP contribution in [-0.4, -0.2) is 40.5 Å². The van der Waals surface area contributed by atoms with E-state index in [1.54, 1.807) is 90.1 Å². The Hall–Kier alpha value is -3.46. The number of nitrogens with one attached hydrogen (secondary N) is 1. The fraction of sp³-hybridized carbons (Fsp3) is 0.333. The Morgan fingerprint density at radius 2 is 1.48 bits per heavy atom. The standard InChI is InChI=1S/C24H29BN2O6/c1-23(2,3)31-21(28)26-27(22(29)32-24(4,5)6)19-17-14-10-11-15-18(17)25(30)33-20(19)16-12-8-7-9-13-16/h7-15,30H,1-6H3,(H,26,28). The molecule has 174 valence electrons. The van der Waals surface area contributed by atoms with E-state index in [1.165, 1.54) is 0 Å². The van der Waals surface area contributed by atoms with E-state index in [0.29, 0.717) is 16.6 Å². The van der Waals surface area contributed by atoms with Crippen LogP contribution in [0.2, 0.25) is 0 Å². The van der Waals surface area contributed by atoms with Crippen molar-refractivity contribution in [2.24, 2.45) is 0 Å². The molecule has 2 aromatic rings. The Bertz CT molecular complexity index is 1060. The predicted molar refractivity (Wildman–Crippen MR) is 126 cm³/mol. The van der Waals surface area contributed by atoms with Crippen LogP contribution < -0.4 is 10.9 Å². The van der Waals surface area contributed by atoms with E-state index in [9.17, 15) is 14.6 Å². The third-order valence-corrected chi connectivity index (χ3v) is 4.36. The number of hydrogen-bond donors (Lipinski definition) is 2. The Morgan fingerprint density at radius 3 is 2.09 bits per heavy atom. The van der Waals surface area contributed by atoms with Crippen molar-refractivity contribution in [2.75, 3.05) is 0 Å². The van der Waals surface area contributed by atoms with Crippen molar-refractivity contribution >= 4 is 36.2 Å². The number of hydrogen-bond acceptors (Lipinski definition) is 6. The largest absolute Gasteiger partial charge is 0.560 e. The van der Waals surface area contributed by atoms with Gasteiger partial charge in [-0.1, -0.05) is 54.6 Å². The SMILES string of the molecule is CC(C)(C)OC(=O)NN(C(=O)OC(C)(C)C)C1=C(c2ccccc2)OB(O)c2ccccc21. The van der Waals surface area contributed by atoms with Gasteiger partial charge in [0, 0.05) is 16.6 Å². The van der Waals surface area contributed by atoms with Crippen molar-refractivity contribution in [2.45, 2.75) is 52.7 Å². The maximum Gasteiger partial charge on any atom is 0.560 e. The molecule has 0 fully saturated rings. The molecular weight excluding hydrogens is 423 g/mol. The van der Waals surface area contributed by atoms with Gasteiger partial charge in [0.1, 0.15) is 22.7 Å². The van der Waals surface area contributed by atoms with Crippen molar-refractivity contribution in [3.63, 3.8) is 0 Å². The summed E-state index contributed by atoms with van der Waals surface area (Å²) in [5.74, 6) is 0.198. The molecule has 2 aromatic carbocycles. The van der Waals surface area contributed by atoms with Gasteiger partial charge in [-0.15, -0.1) is 0 Å². The first-order valence-electron chi connectivity index (χ1n) is 10.6. The molecular formula is C24H29BN2O6. The summed E-state index contributed by atoms with van der Waals surface area (Å²) in [6.07, 6.45) is -1.69. The minimum atomic E-state index is -1.26. The van der Waals surface area contributed by atoms with Crippen molar-refractivity contribution in [3.05, 3.63) is 65.7 Å². The first kappa shape index (κ1) is 24.2. The van der Waals surface area contributed by atoms with Crippen LogP contribution in [-0.2, 0) is 14.1 Å². The zero-order chi connectivity index (χ0) is 24.4. The summed E-state index contributed by atoms with van der Waals surface area (Å²) in [6, 6.07) is 15.9. The quantitative estimate of drug-likeness (QED) is 0.530. The molecule has 1 aliphatic heterocycles. The highest BCUT2D eigenvalue weighted by Crippen LogP contribution is 2.33. The molecule has 0 radical (unpaired) electrons. The number of hydrazine groups is 1. The van der Waals surface area contributed by atoms with Crippen LogP contribution in [0.1, 0.15) is 52.7 Å². The van der Waals surface area contributed by atoms with Crippen LogP contribution in [0.15, 0.2) is 54.6 Å². The molecule has 1 heterocycles. The van der Waals surface area contributed by atoms with Gasteiger partial charge in [0.05, 0.1) is 0 Å². The van der Waals surface area contributed by atoms with Crippen LogP contribution in [0.4, 0.5) is 9.59 Å². The molecule has 0 saturated heterocycles. The van der Waals surface area contributed by atoms with Crippen molar-refractivity contribution < 1.29 is 28.7 Å². The van der Waals surface area contributed by atoms with Gasteiger partial charge in [0.2, 0.25) is 0 Å². The molecule has 0 unspecified atom stereocenters. The number of benzene rings is 2. The lowest BCUT2D eigenvalue weighted by Crippen LogP contribution is -2.51. The summed E-state index contributed by atoms with van der Waals surface area (Å²) in [5, 5.41) is 11.6. The molecule has 1 aliphatic rings. The normalized spacial score (nSPS) is 13.6. The van der Waals surface area contributed by atoms with Gasteiger partial charge < -0.3 is 19.2 Å². The fourth-order valence-corrected chi connectivity index (χ4v) is 3.19. The van der Waals surface area contributed by atoms with Crippen LogP contribution in [0.25, 0.3) is 11.5 Å². The predicted octanol–water partition coefficient (Wildman–Crippen LogP) is 3.91. The lowest BCUT2D eigenvalue weighted by Gasteiger charge is -2.34. The number of amides is 2. The number of fused-ring (bicyclic) bond motifs is 1. The second-order valence-electron chi connectivity index (χ2n) is 9.53. The number of carbonyl (C=O) groups is 2. The molecule has 2 N–H and O–H groups in total. The van der Waals surface area contributed by atoms with Gasteiger partial charge in [0.15, 0.2) is 0 Å². The topological polar surface area (TPSA) is 97.3 Å². The summed E-state index contributed by atoms with van der Waals surface area (Å²) in [5.41, 5.74) is 2.61. The fourth-order valence-electron chi connectivity index (χ4n) is 3.19. The number of nitrogens with zero attached hydrogens (tertiary/aromatic N) is 1. The molecule has 9 heteroatoms. The van der Waals surface area contributed by atoms with Gasteiger partial charge in [-0.3, -0.25) is 0 Å². The van der Waals surface area contributed by atoms with Crippen molar-refractivity contribution in [1.29, 1.82) is 0 Å². The van der Waals surface area contributed by atoms with E-state index in [0.717, 1.165) is 5.01 Å². The zero-order valence-electron chi connectivity index (χ0n) is 19.7. The van der Waals surface area contributed by atoms with Crippen LogP contribution in [0, 0.1) is 0 Å². The van der Waals surface area contributed by atoms with Gasteiger partial charge in [-0.2, -0.15) is 5.01 Å². The highest BCUT2D eigenvalue weighted by Gasteiger charge is 2.39. The van der Waals surface area contributed by atoms with E-state index >= 15 is 0 Å². The van der Waals surface area contributed by atoms with Crippen molar-refractivity contribution in [1.82, 2.24) is 10.4 Å². The molecule has 2 amide bonds. The van der Waals surface area contributed by atoms with Crippen LogP contribution in [0.5, 0.6) is 0 Å². The minimum Gasteiger partial charge on any atom is -0.530 e. The van der Waals surface area contributed by atoms with E-state index in [-0.39, 0.29) is 11.5 Å². The van der Waals surface area contributed by atoms with Gasteiger partial charge in [-0.05, 0) is 41.5 Å². The number of rotatable bonds is 2. The smallest absolute Gasteiger partial charge is 0.530 e. The summed E-state index contributed by atoms with van der Waals surface area (Å²) >= 11 is 0. The average Bonchev–Trinajstić information content (AvgIpc) is 2.70. The van der Waals surface area contributed by atoms with E-state index in [4.69, 9.17) is 14.1 Å². The molecule has 0 saturated carbocycles. The molecule has 33 heavy (non-hydrogen) atoms. The van der Waals surface area contributed by atoms with E-state index in [2.05, 4.69) is 5.43 Å². The molecule has 0 bridgehead atoms. The van der Waals surface area contributed by atoms with Gasteiger partial charge in [0.25, 0.3) is 0 Å². The summed E-state index contributed by atoms with van der Waals surface area (Å²) in [4.78, 5) is 26.0. The summed E-state index contributed by atoms with van der Waals surface area (Å²) in [7, 11) is -1.26. The third-order valence-electron chi connectivity index (χ3n) is 4.36. The first-order chi connectivity index (χ1) is 15.4. The van der Waals surface area contributed by atoms with E-state index < -0.39 is 30.5 Å².